The maximum Gasteiger partial charge on any atom is 0.186 e. The molecule has 0 spiro atoms. The number of allylic oxidation sites excluding steroid dienone is 1. The Morgan fingerprint density at radius 2 is 1.96 bits per heavy atom. The molecule has 28 heavy (non-hydrogen) atoms. The first-order valence-electron chi connectivity index (χ1n) is 9.18. The van der Waals surface area contributed by atoms with Gasteiger partial charge in [0, 0.05) is 11.8 Å². The molecule has 0 aromatic heterocycles. The van der Waals surface area contributed by atoms with Crippen LogP contribution < -0.4 is 0 Å². The number of hydrogen-bond donors (Lipinski definition) is 6. The first-order chi connectivity index (χ1) is 12.9. The van der Waals surface area contributed by atoms with Crippen molar-refractivity contribution in [3.05, 3.63) is 23.8 Å². The van der Waals surface area contributed by atoms with Gasteiger partial charge in [-0.25, -0.2) is 0 Å². The smallest absolute Gasteiger partial charge is 0.186 e. The fraction of sp³-hybridized carbons (Fsp3) is 0.737. The zero-order chi connectivity index (χ0) is 21.3. The lowest BCUT2D eigenvalue weighted by Crippen LogP contribution is -2.60. The van der Waals surface area contributed by atoms with Crippen molar-refractivity contribution in [3.63, 3.8) is 0 Å². The highest BCUT2D eigenvalue weighted by molar-refractivity contribution is 5.92. The Hall–Kier alpha value is -1.17. The molecule has 2 rings (SSSR count). The van der Waals surface area contributed by atoms with Crippen molar-refractivity contribution in [3.8, 4) is 0 Å². The summed E-state index contributed by atoms with van der Waals surface area (Å²) in [6, 6.07) is 0. The number of aliphatic hydroxyl groups is 6. The van der Waals surface area contributed by atoms with E-state index in [2.05, 4.69) is 0 Å². The Labute approximate surface area is 163 Å². The second-order valence-corrected chi connectivity index (χ2v) is 7.91. The van der Waals surface area contributed by atoms with Gasteiger partial charge in [-0.1, -0.05) is 13.0 Å². The van der Waals surface area contributed by atoms with Crippen molar-refractivity contribution in [1.82, 2.24) is 0 Å². The molecule has 9 nitrogen and oxygen atoms in total. The van der Waals surface area contributed by atoms with Crippen molar-refractivity contribution in [2.24, 2.45) is 5.41 Å². The zero-order valence-corrected chi connectivity index (χ0v) is 16.2. The third kappa shape index (κ3) is 4.37. The molecule has 8 atom stereocenters. The average Bonchev–Trinajstić information content (AvgIpc) is 2.62. The van der Waals surface area contributed by atoms with Gasteiger partial charge >= 0.3 is 0 Å². The molecule has 1 heterocycles. The summed E-state index contributed by atoms with van der Waals surface area (Å²) in [6.45, 7) is 3.90. The van der Waals surface area contributed by atoms with Crippen molar-refractivity contribution in [2.75, 3.05) is 13.2 Å². The molecule has 1 saturated heterocycles. The van der Waals surface area contributed by atoms with Crippen LogP contribution >= 0.6 is 0 Å². The van der Waals surface area contributed by atoms with Crippen molar-refractivity contribution < 1.29 is 44.9 Å². The van der Waals surface area contributed by atoms with E-state index in [9.17, 15) is 35.4 Å². The van der Waals surface area contributed by atoms with E-state index in [4.69, 9.17) is 9.47 Å². The summed E-state index contributed by atoms with van der Waals surface area (Å²) >= 11 is 0. The third-order valence-corrected chi connectivity index (χ3v) is 5.49. The van der Waals surface area contributed by atoms with Crippen LogP contribution in [0.25, 0.3) is 0 Å². The van der Waals surface area contributed by atoms with Crippen molar-refractivity contribution >= 4 is 5.78 Å². The summed E-state index contributed by atoms with van der Waals surface area (Å²) in [5, 5.41) is 59.9. The Morgan fingerprint density at radius 3 is 2.54 bits per heavy atom. The van der Waals surface area contributed by atoms with Gasteiger partial charge in [0.1, 0.15) is 30.0 Å². The third-order valence-electron chi connectivity index (χ3n) is 5.49. The molecule has 0 aromatic rings. The van der Waals surface area contributed by atoms with Gasteiger partial charge in [0.2, 0.25) is 0 Å². The molecule has 9 heteroatoms. The van der Waals surface area contributed by atoms with Crippen LogP contribution in [0, 0.1) is 5.41 Å². The summed E-state index contributed by atoms with van der Waals surface area (Å²) in [5.41, 5.74) is -2.39. The standard InChI is InChI=1S/C19H30O9/c1-10-6-12(22)7-18(3,19(10,26)5-4-11(2)21)9-27-17-16(25)15(24)14(23)13(8-20)28-17/h4-6,11,13-17,20-21,23-26H,7-9H2,1-3H3/b5-4+/t11-,13-,14-,15+,16-,17-,18?,19?/m1/s1. The second kappa shape index (κ2) is 8.68. The van der Waals surface area contributed by atoms with E-state index in [1.807, 2.05) is 0 Å². The molecule has 0 radical (unpaired) electrons. The fourth-order valence-corrected chi connectivity index (χ4v) is 3.64. The molecule has 1 aliphatic heterocycles. The molecule has 2 aliphatic rings. The Kier molecular flexibility index (Phi) is 7.17. The van der Waals surface area contributed by atoms with Crippen LogP contribution in [0.4, 0.5) is 0 Å². The van der Waals surface area contributed by atoms with Gasteiger partial charge in [-0.05, 0) is 31.6 Å². The number of aliphatic hydroxyl groups excluding tert-OH is 5. The lowest BCUT2D eigenvalue weighted by Gasteiger charge is -2.47. The monoisotopic (exact) mass is 402 g/mol. The molecule has 1 aliphatic carbocycles. The number of carbonyl (C=O) groups is 1. The minimum Gasteiger partial charge on any atom is -0.394 e. The number of carbonyl (C=O) groups excluding carboxylic acids is 1. The highest BCUT2D eigenvalue weighted by atomic mass is 16.7. The quantitative estimate of drug-likeness (QED) is 0.288. The number of ketones is 1. The summed E-state index contributed by atoms with van der Waals surface area (Å²) in [4.78, 5) is 12.1. The molecule has 160 valence electrons. The summed E-state index contributed by atoms with van der Waals surface area (Å²) in [7, 11) is 0. The highest BCUT2D eigenvalue weighted by Crippen LogP contribution is 2.45. The first kappa shape index (κ1) is 23.1. The van der Waals surface area contributed by atoms with Gasteiger partial charge in [0.05, 0.1) is 19.3 Å². The summed E-state index contributed by atoms with van der Waals surface area (Å²) < 4.78 is 10.9. The lowest BCUT2D eigenvalue weighted by molar-refractivity contribution is -0.308. The van der Waals surface area contributed by atoms with Gasteiger partial charge in [-0.3, -0.25) is 4.79 Å². The minimum absolute atomic E-state index is 0.0671. The predicted octanol–water partition coefficient (Wildman–Crippen LogP) is -1.60. The molecule has 6 N–H and O–H groups in total. The van der Waals surface area contributed by atoms with E-state index < -0.39 is 54.4 Å². The van der Waals surface area contributed by atoms with Crippen LogP contribution in [0.1, 0.15) is 27.2 Å². The van der Waals surface area contributed by atoms with Gasteiger partial charge < -0.3 is 40.1 Å². The van der Waals surface area contributed by atoms with Gasteiger partial charge in [-0.15, -0.1) is 0 Å². The van der Waals surface area contributed by atoms with Crippen LogP contribution in [-0.2, 0) is 14.3 Å². The molecule has 0 amide bonds. The van der Waals surface area contributed by atoms with Crippen LogP contribution in [0.5, 0.6) is 0 Å². The first-order valence-corrected chi connectivity index (χ1v) is 9.18. The fourth-order valence-electron chi connectivity index (χ4n) is 3.64. The molecule has 0 bridgehead atoms. The SMILES string of the molecule is CC1=CC(=O)CC(C)(CO[C@@H]2O[C@H](CO)[C@@H](O)[C@H](O)[C@H]2O)C1(O)/C=C/[C@@H](C)O. The lowest BCUT2D eigenvalue weighted by atomic mass is 9.63. The summed E-state index contributed by atoms with van der Waals surface area (Å²) in [5.74, 6) is -0.215. The molecule has 2 unspecified atom stereocenters. The van der Waals surface area contributed by atoms with E-state index >= 15 is 0 Å². The van der Waals surface area contributed by atoms with Crippen LogP contribution in [-0.4, -0.2) is 92.0 Å². The number of hydrogen-bond acceptors (Lipinski definition) is 9. The van der Waals surface area contributed by atoms with Crippen molar-refractivity contribution in [2.45, 2.75) is 69.6 Å². The van der Waals surface area contributed by atoms with Gasteiger partial charge in [-0.2, -0.15) is 0 Å². The van der Waals surface area contributed by atoms with Crippen LogP contribution in [0.2, 0.25) is 0 Å². The predicted molar refractivity (Wildman–Crippen MR) is 97.0 cm³/mol. The largest absolute Gasteiger partial charge is 0.394 e. The second-order valence-electron chi connectivity index (χ2n) is 7.91. The average molecular weight is 402 g/mol. The van der Waals surface area contributed by atoms with Crippen LogP contribution in [0.15, 0.2) is 23.8 Å². The zero-order valence-electron chi connectivity index (χ0n) is 16.2. The van der Waals surface area contributed by atoms with E-state index in [-0.39, 0.29) is 18.8 Å². The molecule has 0 aromatic carbocycles. The Morgan fingerprint density at radius 1 is 1.32 bits per heavy atom. The Bertz CT molecular complexity index is 629. The van der Waals surface area contributed by atoms with Gasteiger partial charge in [0.25, 0.3) is 0 Å². The van der Waals surface area contributed by atoms with E-state index in [1.54, 1.807) is 13.8 Å². The van der Waals surface area contributed by atoms with E-state index in [1.165, 1.54) is 25.2 Å². The highest BCUT2D eigenvalue weighted by Gasteiger charge is 2.52. The molecular formula is C19H30O9. The minimum atomic E-state index is -1.61. The van der Waals surface area contributed by atoms with Crippen molar-refractivity contribution in [1.29, 1.82) is 0 Å². The molecule has 0 saturated carbocycles. The van der Waals surface area contributed by atoms with Gasteiger partial charge in [0.15, 0.2) is 12.1 Å². The molecular weight excluding hydrogens is 372 g/mol. The maximum atomic E-state index is 12.1. The number of rotatable bonds is 6. The Balaban J connectivity index is 2.24. The van der Waals surface area contributed by atoms with E-state index in [0.717, 1.165) is 0 Å². The van der Waals surface area contributed by atoms with Crippen LogP contribution in [0.3, 0.4) is 0 Å². The van der Waals surface area contributed by atoms with E-state index in [0.29, 0.717) is 5.57 Å². The number of ether oxygens (including phenoxy) is 2. The maximum absolute atomic E-state index is 12.1. The summed E-state index contributed by atoms with van der Waals surface area (Å²) in [6.07, 6.45) is -3.92. The molecule has 1 fully saturated rings. The normalized spacial score (nSPS) is 43.2. The topological polar surface area (TPSA) is 157 Å².